The van der Waals surface area contributed by atoms with Crippen LogP contribution < -0.4 is 11.1 Å². The molecule has 6 nitrogen and oxygen atoms in total. The van der Waals surface area contributed by atoms with Crippen LogP contribution in [-0.2, 0) is 4.79 Å². The summed E-state index contributed by atoms with van der Waals surface area (Å²) in [5.74, 6) is -0.484. The standard InChI is InChI=1S/C15H12ClN3O3/c16-11-4-7-13(14(9-11)19(21)22)18-15(20)8-3-10-1-5-12(17)6-2-10/h1-9H,17H2,(H,18,20)/b8-3+. The summed E-state index contributed by atoms with van der Waals surface area (Å²) in [6, 6.07) is 11.0. The first kappa shape index (κ1) is 15.5. The van der Waals surface area contributed by atoms with Gasteiger partial charge in [0.05, 0.1) is 4.92 Å². The van der Waals surface area contributed by atoms with Crippen LogP contribution in [0.2, 0.25) is 5.02 Å². The lowest BCUT2D eigenvalue weighted by Crippen LogP contribution is -2.09. The molecule has 3 N–H and O–H groups in total. The number of nitrogens with one attached hydrogen (secondary N) is 1. The largest absolute Gasteiger partial charge is 0.399 e. The van der Waals surface area contributed by atoms with Gasteiger partial charge in [0, 0.05) is 22.9 Å². The van der Waals surface area contributed by atoms with E-state index >= 15 is 0 Å². The number of hydrogen-bond acceptors (Lipinski definition) is 4. The minimum absolute atomic E-state index is 0.0846. The highest BCUT2D eigenvalue weighted by atomic mass is 35.5. The summed E-state index contributed by atoms with van der Waals surface area (Å²) in [7, 11) is 0. The summed E-state index contributed by atoms with van der Waals surface area (Å²) in [6.45, 7) is 0. The number of rotatable bonds is 4. The van der Waals surface area contributed by atoms with Gasteiger partial charge in [0.25, 0.3) is 5.69 Å². The van der Waals surface area contributed by atoms with Crippen molar-refractivity contribution in [3.63, 3.8) is 0 Å². The van der Waals surface area contributed by atoms with E-state index in [1.807, 2.05) is 0 Å². The SMILES string of the molecule is Nc1ccc(/C=C/C(=O)Nc2ccc(Cl)cc2[N+](=O)[O-])cc1. The summed E-state index contributed by atoms with van der Waals surface area (Å²) in [6.07, 6.45) is 2.86. The number of anilines is 2. The number of hydrogen-bond donors (Lipinski definition) is 2. The number of nitro benzene ring substituents is 1. The average Bonchev–Trinajstić information content (AvgIpc) is 2.48. The van der Waals surface area contributed by atoms with E-state index in [0.29, 0.717) is 5.69 Å². The van der Waals surface area contributed by atoms with Gasteiger partial charge in [0.2, 0.25) is 5.91 Å². The number of nitrogens with two attached hydrogens (primary N) is 1. The molecular formula is C15H12ClN3O3. The zero-order chi connectivity index (χ0) is 16.1. The molecule has 0 saturated heterocycles. The molecule has 112 valence electrons. The zero-order valence-electron chi connectivity index (χ0n) is 11.3. The fraction of sp³-hybridized carbons (Fsp3) is 0. The van der Waals surface area contributed by atoms with Crippen LogP contribution in [0.4, 0.5) is 17.1 Å². The van der Waals surface area contributed by atoms with Crippen molar-refractivity contribution in [2.45, 2.75) is 0 Å². The first-order chi connectivity index (χ1) is 10.5. The first-order valence-electron chi connectivity index (χ1n) is 6.24. The van der Waals surface area contributed by atoms with Crippen LogP contribution >= 0.6 is 11.6 Å². The van der Waals surface area contributed by atoms with Gasteiger partial charge >= 0.3 is 0 Å². The number of carbonyl (C=O) groups is 1. The Labute approximate surface area is 131 Å². The molecule has 0 unspecified atom stereocenters. The van der Waals surface area contributed by atoms with E-state index in [-0.39, 0.29) is 16.4 Å². The van der Waals surface area contributed by atoms with Crippen LogP contribution in [0.1, 0.15) is 5.56 Å². The first-order valence-corrected chi connectivity index (χ1v) is 6.62. The van der Waals surface area contributed by atoms with Crippen molar-refractivity contribution in [2.24, 2.45) is 0 Å². The highest BCUT2D eigenvalue weighted by molar-refractivity contribution is 6.31. The predicted octanol–water partition coefficient (Wildman–Crippen LogP) is 3.48. The molecule has 0 bridgehead atoms. The van der Waals surface area contributed by atoms with E-state index in [2.05, 4.69) is 5.32 Å². The molecule has 1 amide bonds. The number of nitro groups is 1. The van der Waals surface area contributed by atoms with Crippen LogP contribution in [0.5, 0.6) is 0 Å². The smallest absolute Gasteiger partial charge is 0.294 e. The van der Waals surface area contributed by atoms with E-state index < -0.39 is 10.8 Å². The minimum Gasteiger partial charge on any atom is -0.399 e. The lowest BCUT2D eigenvalue weighted by Gasteiger charge is -2.03. The number of amides is 1. The van der Waals surface area contributed by atoms with Crippen molar-refractivity contribution in [3.05, 3.63) is 69.2 Å². The molecule has 0 saturated carbocycles. The minimum atomic E-state index is -0.606. The van der Waals surface area contributed by atoms with Gasteiger partial charge in [-0.05, 0) is 35.9 Å². The number of halogens is 1. The number of benzene rings is 2. The zero-order valence-corrected chi connectivity index (χ0v) is 12.1. The van der Waals surface area contributed by atoms with E-state index in [0.717, 1.165) is 5.56 Å². The average molecular weight is 318 g/mol. The summed E-state index contributed by atoms with van der Waals surface area (Å²) >= 11 is 5.71. The summed E-state index contributed by atoms with van der Waals surface area (Å²) in [5, 5.41) is 13.6. The number of nitrogens with zero attached hydrogens (tertiary/aromatic N) is 1. The third-order valence-corrected chi connectivity index (χ3v) is 3.01. The quantitative estimate of drug-likeness (QED) is 0.390. The van der Waals surface area contributed by atoms with E-state index in [1.54, 1.807) is 30.3 Å². The van der Waals surface area contributed by atoms with Gasteiger partial charge in [0.15, 0.2) is 0 Å². The molecule has 2 rings (SSSR count). The van der Waals surface area contributed by atoms with Crippen LogP contribution in [-0.4, -0.2) is 10.8 Å². The molecular weight excluding hydrogens is 306 g/mol. The Kier molecular flexibility index (Phi) is 4.75. The molecule has 0 radical (unpaired) electrons. The molecule has 0 fully saturated rings. The lowest BCUT2D eigenvalue weighted by atomic mass is 10.2. The highest BCUT2D eigenvalue weighted by Crippen LogP contribution is 2.27. The molecule has 0 aliphatic carbocycles. The molecule has 22 heavy (non-hydrogen) atoms. The molecule has 0 aromatic heterocycles. The molecule has 2 aromatic rings. The van der Waals surface area contributed by atoms with Gasteiger partial charge in [0.1, 0.15) is 5.69 Å². The fourth-order valence-corrected chi connectivity index (χ4v) is 1.88. The Hall–Kier alpha value is -2.86. The monoisotopic (exact) mass is 317 g/mol. The Bertz CT molecular complexity index is 742. The second-order valence-corrected chi connectivity index (χ2v) is 4.84. The topological polar surface area (TPSA) is 98.3 Å². The van der Waals surface area contributed by atoms with Crippen molar-refractivity contribution >= 4 is 40.6 Å². The van der Waals surface area contributed by atoms with E-state index in [9.17, 15) is 14.9 Å². The molecule has 0 aliphatic heterocycles. The maximum atomic E-state index is 11.8. The van der Waals surface area contributed by atoms with E-state index in [4.69, 9.17) is 17.3 Å². The van der Waals surface area contributed by atoms with Gasteiger partial charge in [-0.15, -0.1) is 0 Å². The van der Waals surface area contributed by atoms with Crippen molar-refractivity contribution in [2.75, 3.05) is 11.1 Å². The Morgan fingerprint density at radius 1 is 1.23 bits per heavy atom. The van der Waals surface area contributed by atoms with Gasteiger partial charge in [-0.1, -0.05) is 23.7 Å². The summed E-state index contributed by atoms with van der Waals surface area (Å²) in [4.78, 5) is 22.2. The second-order valence-electron chi connectivity index (χ2n) is 4.41. The fourth-order valence-electron chi connectivity index (χ4n) is 1.71. The Morgan fingerprint density at radius 3 is 2.55 bits per heavy atom. The molecule has 0 spiro atoms. The number of nitrogen functional groups attached to an aromatic ring is 1. The van der Waals surface area contributed by atoms with Crippen molar-refractivity contribution in [3.8, 4) is 0 Å². The van der Waals surface area contributed by atoms with Crippen molar-refractivity contribution in [1.29, 1.82) is 0 Å². The molecule has 0 aliphatic rings. The lowest BCUT2D eigenvalue weighted by molar-refractivity contribution is -0.383. The van der Waals surface area contributed by atoms with Gasteiger partial charge in [-0.3, -0.25) is 14.9 Å². The predicted molar refractivity (Wildman–Crippen MR) is 86.6 cm³/mol. The molecule has 0 heterocycles. The third kappa shape index (κ3) is 4.07. The number of carbonyl (C=O) groups excluding carboxylic acids is 1. The Morgan fingerprint density at radius 2 is 1.91 bits per heavy atom. The molecule has 2 aromatic carbocycles. The van der Waals surface area contributed by atoms with Gasteiger partial charge < -0.3 is 11.1 Å². The van der Waals surface area contributed by atoms with Crippen molar-refractivity contribution in [1.82, 2.24) is 0 Å². The summed E-state index contributed by atoms with van der Waals surface area (Å²) in [5.41, 5.74) is 6.80. The Balaban J connectivity index is 2.12. The third-order valence-electron chi connectivity index (χ3n) is 2.78. The normalized spacial score (nSPS) is 10.6. The highest BCUT2D eigenvalue weighted by Gasteiger charge is 2.15. The van der Waals surface area contributed by atoms with Gasteiger partial charge in [-0.2, -0.15) is 0 Å². The molecule has 7 heteroatoms. The van der Waals surface area contributed by atoms with Gasteiger partial charge in [-0.25, -0.2) is 0 Å². The maximum Gasteiger partial charge on any atom is 0.294 e. The maximum absolute atomic E-state index is 11.8. The van der Waals surface area contributed by atoms with Crippen LogP contribution in [0.25, 0.3) is 6.08 Å². The van der Waals surface area contributed by atoms with Crippen molar-refractivity contribution < 1.29 is 9.72 Å². The summed E-state index contributed by atoms with van der Waals surface area (Å²) < 4.78 is 0. The van der Waals surface area contributed by atoms with Crippen LogP contribution in [0.15, 0.2) is 48.5 Å². The molecule has 0 atom stereocenters. The second kappa shape index (κ2) is 6.73. The van der Waals surface area contributed by atoms with Crippen LogP contribution in [0.3, 0.4) is 0 Å². The van der Waals surface area contributed by atoms with Crippen LogP contribution in [0, 0.1) is 10.1 Å². The van der Waals surface area contributed by atoms with E-state index in [1.165, 1.54) is 24.3 Å².